The van der Waals surface area contributed by atoms with Gasteiger partial charge < -0.3 is 5.32 Å². The van der Waals surface area contributed by atoms with E-state index < -0.39 is 0 Å². The Kier molecular flexibility index (Phi) is 3.04. The molecule has 1 heterocycles. The Bertz CT molecular complexity index is 235. The maximum absolute atomic E-state index is 4.02. The Hall–Kier alpha value is -0.900. The van der Waals surface area contributed by atoms with Crippen LogP contribution in [0.2, 0.25) is 0 Å². The van der Waals surface area contributed by atoms with Gasteiger partial charge in [-0.1, -0.05) is 22.5 Å². The van der Waals surface area contributed by atoms with Crippen LogP contribution in [-0.2, 0) is 0 Å². The zero-order valence-electron chi connectivity index (χ0n) is 5.92. The predicted octanol–water partition coefficient (Wildman–Crippen LogP) is 1.80. The summed E-state index contributed by atoms with van der Waals surface area (Å²) in [5.74, 6) is 0.758. The molecule has 3 nitrogen and oxygen atoms in total. The summed E-state index contributed by atoms with van der Waals surface area (Å²) in [6.45, 7) is 4.34. The van der Waals surface area contributed by atoms with Gasteiger partial charge in [0.25, 0.3) is 0 Å². The quantitative estimate of drug-likeness (QED) is 0.833. The molecule has 0 amide bonds. The molecule has 1 aromatic heterocycles. The second kappa shape index (κ2) is 4.08. The summed E-state index contributed by atoms with van der Waals surface area (Å²) in [7, 11) is 0. The maximum Gasteiger partial charge on any atom is 0.144 e. The largest absolute Gasteiger partial charge is 0.364 e. The number of nitrogens with zero attached hydrogens (tertiary/aromatic N) is 2. The van der Waals surface area contributed by atoms with Gasteiger partial charge in [0.2, 0.25) is 0 Å². The zero-order valence-corrected chi connectivity index (χ0v) is 7.50. The van der Waals surface area contributed by atoms with Gasteiger partial charge in [-0.3, -0.25) is 4.98 Å². The highest BCUT2D eigenvalue weighted by atomic mass is 79.9. The molecule has 0 saturated heterocycles. The highest BCUT2D eigenvalue weighted by molar-refractivity contribution is 9.11. The first-order valence-corrected chi connectivity index (χ1v) is 3.91. The molecule has 1 aromatic rings. The monoisotopic (exact) mass is 213 g/mol. The van der Waals surface area contributed by atoms with E-state index in [1.165, 1.54) is 0 Å². The Balaban J connectivity index is 2.45. The lowest BCUT2D eigenvalue weighted by molar-refractivity contribution is 1.16. The third kappa shape index (κ3) is 3.13. The van der Waals surface area contributed by atoms with Crippen molar-refractivity contribution in [1.29, 1.82) is 0 Å². The lowest BCUT2D eigenvalue weighted by atomic mass is 10.6. The normalized spacial score (nSPS) is 9.18. The first-order valence-electron chi connectivity index (χ1n) is 3.12. The molecule has 0 aliphatic heterocycles. The second-order valence-electron chi connectivity index (χ2n) is 1.96. The average molecular weight is 214 g/mol. The molecule has 0 bridgehead atoms. The Morgan fingerprint density at radius 2 is 2.45 bits per heavy atom. The fourth-order valence-corrected chi connectivity index (χ4v) is 0.717. The SMILES string of the molecule is C=C(Br)CNc1cnccn1. The van der Waals surface area contributed by atoms with Gasteiger partial charge in [0.1, 0.15) is 5.82 Å². The summed E-state index contributed by atoms with van der Waals surface area (Å²) in [6.07, 6.45) is 4.93. The van der Waals surface area contributed by atoms with Crippen LogP contribution in [0.3, 0.4) is 0 Å². The van der Waals surface area contributed by atoms with Gasteiger partial charge in [0.05, 0.1) is 6.20 Å². The van der Waals surface area contributed by atoms with Crippen molar-refractivity contribution >= 4 is 21.7 Å². The number of nitrogens with one attached hydrogen (secondary N) is 1. The molecule has 0 radical (unpaired) electrons. The molecule has 11 heavy (non-hydrogen) atoms. The molecule has 0 aliphatic rings. The molecule has 0 saturated carbocycles. The minimum atomic E-state index is 0.665. The third-order valence-electron chi connectivity index (χ3n) is 1.02. The molecule has 58 valence electrons. The fraction of sp³-hybridized carbons (Fsp3) is 0.143. The maximum atomic E-state index is 4.02. The van der Waals surface area contributed by atoms with Crippen molar-refractivity contribution in [1.82, 2.24) is 9.97 Å². The molecular weight excluding hydrogens is 206 g/mol. The number of rotatable bonds is 3. The number of aromatic nitrogens is 2. The van der Waals surface area contributed by atoms with Crippen LogP contribution in [-0.4, -0.2) is 16.5 Å². The molecule has 1 rings (SSSR count). The minimum absolute atomic E-state index is 0.665. The van der Waals surface area contributed by atoms with E-state index in [1.54, 1.807) is 18.6 Å². The van der Waals surface area contributed by atoms with Crippen LogP contribution in [0.15, 0.2) is 29.7 Å². The molecule has 0 atom stereocenters. The van der Waals surface area contributed by atoms with Crippen LogP contribution >= 0.6 is 15.9 Å². The van der Waals surface area contributed by atoms with Crippen LogP contribution in [0.4, 0.5) is 5.82 Å². The van der Waals surface area contributed by atoms with E-state index >= 15 is 0 Å². The van der Waals surface area contributed by atoms with Gasteiger partial charge in [-0.05, 0) is 0 Å². The van der Waals surface area contributed by atoms with Gasteiger partial charge in [0.15, 0.2) is 0 Å². The minimum Gasteiger partial charge on any atom is -0.364 e. The summed E-state index contributed by atoms with van der Waals surface area (Å²) >= 11 is 3.23. The van der Waals surface area contributed by atoms with Crippen molar-refractivity contribution in [3.8, 4) is 0 Å². The van der Waals surface area contributed by atoms with E-state index in [9.17, 15) is 0 Å². The molecule has 0 unspecified atom stereocenters. The van der Waals surface area contributed by atoms with Gasteiger partial charge in [-0.2, -0.15) is 0 Å². The summed E-state index contributed by atoms with van der Waals surface area (Å²) in [5.41, 5.74) is 0. The van der Waals surface area contributed by atoms with Crippen molar-refractivity contribution in [3.05, 3.63) is 29.7 Å². The third-order valence-corrected chi connectivity index (χ3v) is 1.30. The van der Waals surface area contributed by atoms with Gasteiger partial charge in [-0.15, -0.1) is 0 Å². The van der Waals surface area contributed by atoms with E-state index in [-0.39, 0.29) is 0 Å². The lowest BCUT2D eigenvalue weighted by Crippen LogP contribution is -2.02. The number of hydrogen-bond acceptors (Lipinski definition) is 3. The van der Waals surface area contributed by atoms with Gasteiger partial charge in [-0.25, -0.2) is 4.98 Å². The van der Waals surface area contributed by atoms with Crippen molar-refractivity contribution in [2.45, 2.75) is 0 Å². The van der Waals surface area contributed by atoms with Crippen molar-refractivity contribution < 1.29 is 0 Å². The van der Waals surface area contributed by atoms with Crippen LogP contribution in [0.5, 0.6) is 0 Å². The van der Waals surface area contributed by atoms with Crippen LogP contribution in [0, 0.1) is 0 Å². The van der Waals surface area contributed by atoms with Crippen molar-refractivity contribution in [2.24, 2.45) is 0 Å². The Morgan fingerprint density at radius 1 is 1.64 bits per heavy atom. The number of halogens is 1. The smallest absolute Gasteiger partial charge is 0.144 e. The van der Waals surface area contributed by atoms with E-state index in [2.05, 4.69) is 37.8 Å². The summed E-state index contributed by atoms with van der Waals surface area (Å²) in [6, 6.07) is 0. The molecule has 1 N–H and O–H groups in total. The second-order valence-corrected chi connectivity index (χ2v) is 3.08. The van der Waals surface area contributed by atoms with E-state index in [0.717, 1.165) is 10.3 Å². The molecule has 4 heteroatoms. The van der Waals surface area contributed by atoms with E-state index in [1.807, 2.05) is 0 Å². The van der Waals surface area contributed by atoms with Gasteiger partial charge >= 0.3 is 0 Å². The van der Waals surface area contributed by atoms with E-state index in [4.69, 9.17) is 0 Å². The zero-order chi connectivity index (χ0) is 8.10. The highest BCUT2D eigenvalue weighted by Gasteiger charge is 1.90. The standard InChI is InChI=1S/C7H8BrN3/c1-6(8)4-11-7-5-9-2-3-10-7/h2-3,5H,1,4H2,(H,10,11). The van der Waals surface area contributed by atoms with Crippen molar-refractivity contribution in [2.75, 3.05) is 11.9 Å². The first kappa shape index (κ1) is 8.20. The molecule has 0 spiro atoms. The fourth-order valence-electron chi connectivity index (χ4n) is 0.577. The predicted molar refractivity (Wildman–Crippen MR) is 48.6 cm³/mol. The van der Waals surface area contributed by atoms with E-state index in [0.29, 0.717) is 6.54 Å². The molecule has 0 fully saturated rings. The Morgan fingerprint density at radius 3 is 3.00 bits per heavy atom. The molecule has 0 aliphatic carbocycles. The average Bonchev–Trinajstić information content (AvgIpc) is 2.03. The summed E-state index contributed by atoms with van der Waals surface area (Å²) < 4.78 is 0.892. The first-order chi connectivity index (χ1) is 5.29. The van der Waals surface area contributed by atoms with Crippen LogP contribution < -0.4 is 5.32 Å². The molecule has 0 aromatic carbocycles. The highest BCUT2D eigenvalue weighted by Crippen LogP contribution is 2.02. The summed E-state index contributed by atoms with van der Waals surface area (Å²) in [4.78, 5) is 7.91. The number of hydrogen-bond donors (Lipinski definition) is 1. The van der Waals surface area contributed by atoms with Crippen LogP contribution in [0.1, 0.15) is 0 Å². The van der Waals surface area contributed by atoms with Crippen LogP contribution in [0.25, 0.3) is 0 Å². The van der Waals surface area contributed by atoms with Crippen molar-refractivity contribution in [3.63, 3.8) is 0 Å². The lowest BCUT2D eigenvalue weighted by Gasteiger charge is -2.01. The topological polar surface area (TPSA) is 37.8 Å². The molecular formula is C7H8BrN3. The number of anilines is 1. The Labute approximate surface area is 73.7 Å². The van der Waals surface area contributed by atoms with Gasteiger partial charge in [0, 0.05) is 23.4 Å². The summed E-state index contributed by atoms with van der Waals surface area (Å²) in [5, 5.41) is 3.02.